The Morgan fingerprint density at radius 2 is 2.00 bits per heavy atom. The Kier molecular flexibility index (Phi) is 6.88. The predicted molar refractivity (Wildman–Crippen MR) is 113 cm³/mol. The number of nitro benzene ring substituents is 1. The Morgan fingerprint density at radius 3 is 2.71 bits per heavy atom. The third-order valence-electron chi connectivity index (χ3n) is 4.41. The molecule has 1 heterocycles. The Balaban J connectivity index is 1.77. The second kappa shape index (κ2) is 9.59. The number of non-ortho nitro benzene ring substituents is 1. The minimum Gasteiger partial charge on any atom is -0.449 e. The van der Waals surface area contributed by atoms with Gasteiger partial charge in [0.05, 0.1) is 22.2 Å². The van der Waals surface area contributed by atoms with Crippen molar-refractivity contribution >= 4 is 45.8 Å². The van der Waals surface area contributed by atoms with Gasteiger partial charge in [-0.2, -0.15) is 0 Å². The zero-order valence-corrected chi connectivity index (χ0v) is 17.5. The number of hydrogen-bond acceptors (Lipinski definition) is 7. The van der Waals surface area contributed by atoms with E-state index in [1.807, 2.05) is 6.92 Å². The maximum atomic E-state index is 12.7. The van der Waals surface area contributed by atoms with Crippen molar-refractivity contribution in [3.63, 3.8) is 0 Å². The molecule has 3 rings (SSSR count). The van der Waals surface area contributed by atoms with Crippen LogP contribution in [0.5, 0.6) is 0 Å². The number of fused-ring (bicyclic) bond motifs is 1. The third-order valence-corrected chi connectivity index (χ3v) is 4.74. The molecule has 0 saturated heterocycles. The van der Waals surface area contributed by atoms with Crippen molar-refractivity contribution in [1.82, 2.24) is 0 Å². The fraction of sp³-hybridized carbons (Fsp3) is 0.238. The van der Waals surface area contributed by atoms with Crippen molar-refractivity contribution < 1.29 is 28.4 Å². The Morgan fingerprint density at radius 1 is 1.26 bits per heavy atom. The number of carbonyl (C=O) groups is 2. The second-order valence-electron chi connectivity index (χ2n) is 6.50. The number of esters is 1. The van der Waals surface area contributed by atoms with E-state index in [-0.39, 0.29) is 28.8 Å². The summed E-state index contributed by atoms with van der Waals surface area (Å²) in [6.07, 6.45) is -1.23. The van der Waals surface area contributed by atoms with Crippen LogP contribution in [0.3, 0.4) is 0 Å². The normalized spacial score (nSPS) is 11.8. The van der Waals surface area contributed by atoms with Gasteiger partial charge in [0.1, 0.15) is 5.58 Å². The summed E-state index contributed by atoms with van der Waals surface area (Å²) in [5.41, 5.74) is 0.804. The van der Waals surface area contributed by atoms with Crippen molar-refractivity contribution in [3.05, 3.63) is 68.9 Å². The van der Waals surface area contributed by atoms with E-state index >= 15 is 0 Å². The highest BCUT2D eigenvalue weighted by Gasteiger charge is 2.26. The lowest BCUT2D eigenvalue weighted by atomic mass is 10.1. The standard InChI is InChI=1S/C21H19ClN2O7/c1-3-29-11-15-14-6-4-5-7-18(14)31-19(15)21(26)30-12(2)20(25)23-17-10-13(24(27)28)8-9-16(17)22/h4-10,12H,3,11H2,1-2H3,(H,23,25). The zero-order valence-electron chi connectivity index (χ0n) is 16.7. The molecule has 1 N–H and O–H groups in total. The van der Waals surface area contributed by atoms with Crippen LogP contribution in [-0.4, -0.2) is 29.5 Å². The van der Waals surface area contributed by atoms with E-state index in [4.69, 9.17) is 25.5 Å². The first-order chi connectivity index (χ1) is 14.8. The maximum Gasteiger partial charge on any atom is 0.375 e. The Hall–Kier alpha value is -3.43. The van der Waals surface area contributed by atoms with E-state index in [1.54, 1.807) is 24.3 Å². The first-order valence-corrected chi connectivity index (χ1v) is 9.73. The van der Waals surface area contributed by atoms with Crippen LogP contribution in [0.1, 0.15) is 30.0 Å². The van der Waals surface area contributed by atoms with Crippen LogP contribution in [0.4, 0.5) is 11.4 Å². The summed E-state index contributed by atoms with van der Waals surface area (Å²) in [4.78, 5) is 35.5. The Bertz CT molecular complexity index is 1140. The number of halogens is 1. The van der Waals surface area contributed by atoms with Crippen LogP contribution in [0, 0.1) is 10.1 Å². The molecule has 1 aromatic heterocycles. The highest BCUT2D eigenvalue weighted by Crippen LogP contribution is 2.29. The molecule has 162 valence electrons. The molecule has 0 fully saturated rings. The number of furan rings is 1. The summed E-state index contributed by atoms with van der Waals surface area (Å²) in [5.74, 6) is -1.60. The van der Waals surface area contributed by atoms with Gasteiger partial charge in [-0.05, 0) is 26.0 Å². The van der Waals surface area contributed by atoms with Gasteiger partial charge >= 0.3 is 5.97 Å². The SMILES string of the molecule is CCOCc1c(C(=O)OC(C)C(=O)Nc2cc([N+](=O)[O-])ccc2Cl)oc2ccccc12. The topological polar surface area (TPSA) is 121 Å². The third kappa shape index (κ3) is 5.01. The van der Waals surface area contributed by atoms with E-state index < -0.39 is 22.9 Å². The summed E-state index contributed by atoms with van der Waals surface area (Å²) < 4.78 is 16.3. The van der Waals surface area contributed by atoms with Gasteiger partial charge in [-0.15, -0.1) is 0 Å². The number of rotatable bonds is 8. The van der Waals surface area contributed by atoms with E-state index in [1.165, 1.54) is 19.1 Å². The predicted octanol–water partition coefficient (Wildman–Crippen LogP) is 4.71. The van der Waals surface area contributed by atoms with E-state index in [0.717, 1.165) is 6.07 Å². The molecule has 1 amide bonds. The first-order valence-electron chi connectivity index (χ1n) is 9.35. The molecule has 0 aliphatic rings. The average molecular weight is 447 g/mol. The van der Waals surface area contributed by atoms with E-state index in [2.05, 4.69) is 5.32 Å². The van der Waals surface area contributed by atoms with Gasteiger partial charge in [-0.1, -0.05) is 29.8 Å². The fourth-order valence-corrected chi connectivity index (χ4v) is 3.00. The lowest BCUT2D eigenvalue weighted by molar-refractivity contribution is -0.384. The monoisotopic (exact) mass is 446 g/mol. The smallest absolute Gasteiger partial charge is 0.375 e. The van der Waals surface area contributed by atoms with Crippen LogP contribution < -0.4 is 5.32 Å². The number of nitrogens with zero attached hydrogens (tertiary/aromatic N) is 1. The molecule has 1 atom stereocenters. The Labute approximate surface area is 182 Å². The van der Waals surface area contributed by atoms with Gasteiger partial charge in [0.2, 0.25) is 5.76 Å². The van der Waals surface area contributed by atoms with Crippen molar-refractivity contribution in [2.75, 3.05) is 11.9 Å². The van der Waals surface area contributed by atoms with Gasteiger partial charge in [0.15, 0.2) is 6.10 Å². The number of carbonyl (C=O) groups excluding carboxylic acids is 2. The lowest BCUT2D eigenvalue weighted by Gasteiger charge is -2.14. The molecular weight excluding hydrogens is 428 g/mol. The van der Waals surface area contributed by atoms with Crippen molar-refractivity contribution in [1.29, 1.82) is 0 Å². The number of hydrogen-bond donors (Lipinski definition) is 1. The molecule has 31 heavy (non-hydrogen) atoms. The van der Waals surface area contributed by atoms with Crippen LogP contribution >= 0.6 is 11.6 Å². The second-order valence-corrected chi connectivity index (χ2v) is 6.91. The largest absolute Gasteiger partial charge is 0.449 e. The van der Waals surface area contributed by atoms with E-state index in [9.17, 15) is 19.7 Å². The minimum atomic E-state index is -1.23. The molecule has 0 bridgehead atoms. The molecule has 9 nitrogen and oxygen atoms in total. The van der Waals surface area contributed by atoms with Gasteiger partial charge in [0, 0.05) is 29.7 Å². The molecule has 3 aromatic rings. The van der Waals surface area contributed by atoms with Crippen LogP contribution in [0.2, 0.25) is 5.02 Å². The van der Waals surface area contributed by atoms with Crippen LogP contribution in [0.15, 0.2) is 46.9 Å². The average Bonchev–Trinajstić information content (AvgIpc) is 3.12. The van der Waals surface area contributed by atoms with Gasteiger partial charge < -0.3 is 19.2 Å². The van der Waals surface area contributed by atoms with Crippen molar-refractivity contribution in [2.24, 2.45) is 0 Å². The molecule has 0 spiro atoms. The molecule has 10 heteroatoms. The molecule has 1 unspecified atom stereocenters. The summed E-state index contributed by atoms with van der Waals surface area (Å²) in [6, 6.07) is 10.7. The summed E-state index contributed by atoms with van der Waals surface area (Å²) in [6.45, 7) is 3.77. The van der Waals surface area contributed by atoms with E-state index in [0.29, 0.717) is 23.1 Å². The summed E-state index contributed by atoms with van der Waals surface area (Å²) in [5, 5.41) is 14.2. The molecule has 0 aliphatic carbocycles. The minimum absolute atomic E-state index is 0.0320. The molecular formula is C21H19ClN2O7. The van der Waals surface area contributed by atoms with Crippen molar-refractivity contribution in [2.45, 2.75) is 26.6 Å². The van der Waals surface area contributed by atoms with Crippen LogP contribution in [0.25, 0.3) is 11.0 Å². The number of nitrogens with one attached hydrogen (secondary N) is 1. The lowest BCUT2D eigenvalue weighted by Crippen LogP contribution is -2.30. The number of nitro groups is 1. The van der Waals surface area contributed by atoms with Gasteiger partial charge in [-0.25, -0.2) is 4.79 Å². The van der Waals surface area contributed by atoms with Gasteiger partial charge in [0.25, 0.3) is 11.6 Å². The number of benzene rings is 2. The summed E-state index contributed by atoms with van der Waals surface area (Å²) in [7, 11) is 0. The quantitative estimate of drug-likeness (QED) is 0.302. The highest BCUT2D eigenvalue weighted by atomic mass is 35.5. The summed E-state index contributed by atoms with van der Waals surface area (Å²) >= 11 is 5.99. The molecule has 2 aromatic carbocycles. The molecule has 0 radical (unpaired) electrons. The number of ether oxygens (including phenoxy) is 2. The molecule has 0 saturated carbocycles. The van der Waals surface area contributed by atoms with Gasteiger partial charge in [-0.3, -0.25) is 14.9 Å². The maximum absolute atomic E-state index is 12.7. The fourth-order valence-electron chi connectivity index (χ4n) is 2.84. The number of amides is 1. The number of para-hydroxylation sites is 1. The van der Waals surface area contributed by atoms with Crippen molar-refractivity contribution in [3.8, 4) is 0 Å². The zero-order chi connectivity index (χ0) is 22.5. The van der Waals surface area contributed by atoms with Crippen LogP contribution in [-0.2, 0) is 20.9 Å². The first kappa shape index (κ1) is 22.3. The number of anilines is 1. The molecule has 0 aliphatic heterocycles. The highest BCUT2D eigenvalue weighted by molar-refractivity contribution is 6.33.